The average molecular weight is 300 g/mol. The number of aromatic hydroxyl groups is 1. The molecule has 0 spiro atoms. The van der Waals surface area contributed by atoms with Gasteiger partial charge in [0.25, 0.3) is 0 Å². The summed E-state index contributed by atoms with van der Waals surface area (Å²) >= 11 is 0. The van der Waals surface area contributed by atoms with Gasteiger partial charge in [-0.05, 0) is 18.6 Å². The quantitative estimate of drug-likeness (QED) is 0.359. The van der Waals surface area contributed by atoms with Crippen molar-refractivity contribution < 1.29 is 57.2 Å². The van der Waals surface area contributed by atoms with Crippen LogP contribution >= 0.6 is 0 Å². The van der Waals surface area contributed by atoms with Gasteiger partial charge in [0.2, 0.25) is 0 Å². The van der Waals surface area contributed by atoms with Crippen LogP contribution in [-0.2, 0) is 14.9 Å². The van der Waals surface area contributed by atoms with E-state index in [1.54, 1.807) is 0 Å². The van der Waals surface area contributed by atoms with Gasteiger partial charge in [0.1, 0.15) is 22.7 Å². The van der Waals surface area contributed by atoms with Gasteiger partial charge in [0, 0.05) is 0 Å². The van der Waals surface area contributed by atoms with E-state index in [9.17, 15) is 13.0 Å². The Hall–Kier alpha value is -1.13. The molecule has 19 heavy (non-hydrogen) atoms. The first-order valence-corrected chi connectivity index (χ1v) is 5.65. The maximum absolute atomic E-state index is 10.6. The van der Waals surface area contributed by atoms with E-state index in [-0.39, 0.29) is 35.1 Å². The molecule has 10 heteroatoms. The molecule has 2 amide bonds. The van der Waals surface area contributed by atoms with Crippen LogP contribution in [0.4, 0.5) is 4.79 Å². The van der Waals surface area contributed by atoms with E-state index in [1.807, 2.05) is 6.79 Å². The largest absolute Gasteiger partial charge is 1.00 e. The summed E-state index contributed by atoms with van der Waals surface area (Å²) in [6, 6.07) is 3.25. The van der Waals surface area contributed by atoms with E-state index in [1.165, 1.54) is 19.1 Å². The third-order valence-corrected chi connectivity index (χ3v) is 2.47. The first-order valence-electron chi connectivity index (χ1n) is 4.24. The van der Waals surface area contributed by atoms with Gasteiger partial charge in [-0.3, -0.25) is 0 Å². The minimum absolute atomic E-state index is 0. The second kappa shape index (κ2) is 10.8. The van der Waals surface area contributed by atoms with Crippen LogP contribution in [0.3, 0.4) is 0 Å². The third kappa shape index (κ3) is 10.5. The van der Waals surface area contributed by atoms with Crippen molar-refractivity contribution in [2.24, 2.45) is 11.5 Å². The summed E-state index contributed by atoms with van der Waals surface area (Å²) in [5.41, 5.74) is 8.75. The summed E-state index contributed by atoms with van der Waals surface area (Å²) in [5.74, 6) is -0.495. The van der Waals surface area contributed by atoms with Crippen LogP contribution < -0.4 is 41.0 Å². The van der Waals surface area contributed by atoms with Gasteiger partial charge in [0.15, 0.2) is 0 Å². The molecule has 0 aliphatic carbocycles. The van der Waals surface area contributed by atoms with Gasteiger partial charge < -0.3 is 25.9 Å². The Kier molecular flexibility index (Phi) is 13.0. The van der Waals surface area contributed by atoms with E-state index in [2.05, 4.69) is 11.5 Å². The first-order chi connectivity index (χ1) is 8.16. The van der Waals surface area contributed by atoms with E-state index in [4.69, 9.17) is 14.7 Å². The SMILES string of the molecule is C=O.Cc1cccc(O)c1S(=O)(=O)[O-].NC(N)=O.[Na+]. The van der Waals surface area contributed by atoms with Crippen molar-refractivity contribution in [1.29, 1.82) is 0 Å². The zero-order chi connectivity index (χ0) is 14.9. The minimum Gasteiger partial charge on any atom is -0.744 e. The minimum atomic E-state index is -4.56. The number of carbonyl (C=O) groups excluding carboxylic acids is 2. The maximum Gasteiger partial charge on any atom is 1.00 e. The fourth-order valence-electron chi connectivity index (χ4n) is 0.962. The molecule has 0 radical (unpaired) electrons. The second-order valence-electron chi connectivity index (χ2n) is 2.78. The summed E-state index contributed by atoms with van der Waals surface area (Å²) in [6.07, 6.45) is 0. The summed E-state index contributed by atoms with van der Waals surface area (Å²) in [4.78, 5) is 16.5. The van der Waals surface area contributed by atoms with E-state index in [0.29, 0.717) is 0 Å². The molecule has 1 aromatic carbocycles. The Morgan fingerprint density at radius 2 is 1.68 bits per heavy atom. The van der Waals surface area contributed by atoms with Crippen molar-refractivity contribution in [3.63, 3.8) is 0 Å². The van der Waals surface area contributed by atoms with Crippen LogP contribution in [0.1, 0.15) is 5.56 Å². The Bertz CT molecular complexity index is 481. The van der Waals surface area contributed by atoms with Gasteiger partial charge in [-0.1, -0.05) is 12.1 Å². The summed E-state index contributed by atoms with van der Waals surface area (Å²) in [7, 11) is -4.56. The fourth-order valence-corrected chi connectivity index (χ4v) is 1.75. The maximum atomic E-state index is 10.6. The van der Waals surface area contributed by atoms with E-state index in [0.717, 1.165) is 6.07 Å². The second-order valence-corrected chi connectivity index (χ2v) is 4.10. The number of benzene rings is 1. The average Bonchev–Trinajstić information content (AvgIpc) is 2.17. The van der Waals surface area contributed by atoms with E-state index < -0.39 is 26.8 Å². The normalized spacial score (nSPS) is 8.74. The molecular weight excluding hydrogens is 287 g/mol. The summed E-state index contributed by atoms with van der Waals surface area (Å²) in [6.45, 7) is 3.45. The van der Waals surface area contributed by atoms with Crippen LogP contribution in [0.25, 0.3) is 0 Å². The molecular formula is C9H13N2NaO6S. The number of phenolic OH excluding ortho intramolecular Hbond substituents is 1. The number of phenols is 1. The molecule has 0 bridgehead atoms. The number of hydrogen-bond acceptors (Lipinski definition) is 6. The number of hydrogen-bond donors (Lipinski definition) is 3. The van der Waals surface area contributed by atoms with Crippen molar-refractivity contribution in [2.45, 2.75) is 11.8 Å². The molecule has 1 aromatic rings. The Morgan fingerprint density at radius 3 is 1.89 bits per heavy atom. The number of amides is 2. The number of carbonyl (C=O) groups is 2. The molecule has 0 aliphatic heterocycles. The van der Waals surface area contributed by atoms with Crippen LogP contribution in [0.15, 0.2) is 23.1 Å². The summed E-state index contributed by atoms with van der Waals surface area (Å²) < 4.78 is 31.7. The molecule has 0 fully saturated rings. The zero-order valence-electron chi connectivity index (χ0n) is 10.5. The van der Waals surface area contributed by atoms with Crippen molar-refractivity contribution in [1.82, 2.24) is 0 Å². The van der Waals surface area contributed by atoms with Gasteiger partial charge >= 0.3 is 35.6 Å². The van der Waals surface area contributed by atoms with Crippen LogP contribution in [0.5, 0.6) is 5.75 Å². The zero-order valence-corrected chi connectivity index (χ0v) is 13.3. The predicted molar refractivity (Wildman–Crippen MR) is 61.7 cm³/mol. The predicted octanol–water partition coefficient (Wildman–Crippen LogP) is -3.55. The van der Waals surface area contributed by atoms with Crippen molar-refractivity contribution in [3.05, 3.63) is 23.8 Å². The molecule has 0 heterocycles. The Balaban J connectivity index is -0.000000316. The number of nitrogens with two attached hydrogens (primary N) is 2. The van der Waals surface area contributed by atoms with Crippen LogP contribution in [0.2, 0.25) is 0 Å². The van der Waals surface area contributed by atoms with E-state index >= 15 is 0 Å². The van der Waals surface area contributed by atoms with Gasteiger partial charge in [-0.15, -0.1) is 0 Å². The molecule has 0 saturated heterocycles. The number of urea groups is 1. The van der Waals surface area contributed by atoms with Crippen molar-refractivity contribution >= 4 is 22.9 Å². The molecule has 0 atom stereocenters. The monoisotopic (exact) mass is 300 g/mol. The topological polar surface area (TPSA) is 164 Å². The Labute approximate surface area is 132 Å². The molecule has 8 nitrogen and oxygen atoms in total. The third-order valence-electron chi connectivity index (χ3n) is 1.44. The van der Waals surface area contributed by atoms with Gasteiger partial charge in [-0.2, -0.15) is 0 Å². The van der Waals surface area contributed by atoms with Crippen molar-refractivity contribution in [3.8, 4) is 5.75 Å². The molecule has 0 aliphatic rings. The molecule has 102 valence electrons. The molecule has 0 saturated carbocycles. The molecule has 1 rings (SSSR count). The number of rotatable bonds is 1. The van der Waals surface area contributed by atoms with Gasteiger partial charge in [0.05, 0.1) is 4.90 Å². The number of primary amides is 2. The van der Waals surface area contributed by atoms with Crippen LogP contribution in [0, 0.1) is 6.92 Å². The standard InChI is InChI=1S/C7H8O4S.CH4N2O.CH2O.Na/c1-5-3-2-4-6(8)7(5)12(9,10)11;2-1(3)4;1-2;/h2-4,8H,1H3,(H,9,10,11);(H4,2,3,4);1H2;/q;;;+1/p-1. The van der Waals surface area contributed by atoms with Crippen LogP contribution in [-0.4, -0.2) is 30.9 Å². The van der Waals surface area contributed by atoms with Gasteiger partial charge in [-0.25, -0.2) is 13.2 Å². The molecule has 0 unspecified atom stereocenters. The van der Waals surface area contributed by atoms with Crippen molar-refractivity contribution in [2.75, 3.05) is 0 Å². The molecule has 0 aromatic heterocycles. The molecule has 5 N–H and O–H groups in total. The number of aryl methyl sites for hydroxylation is 1. The Morgan fingerprint density at radius 1 is 1.32 bits per heavy atom. The first kappa shape index (κ1) is 23.0. The fraction of sp³-hybridized carbons (Fsp3) is 0.111. The summed E-state index contributed by atoms with van der Waals surface area (Å²) in [5, 5.41) is 9.05. The smallest absolute Gasteiger partial charge is 0.744 e.